The van der Waals surface area contributed by atoms with Gasteiger partial charge in [0.05, 0.1) is 27.9 Å². The van der Waals surface area contributed by atoms with Gasteiger partial charge in [-0.15, -0.1) is 0 Å². The Bertz CT molecular complexity index is 940. The molecule has 0 aliphatic rings. The fourth-order valence-electron chi connectivity index (χ4n) is 5.21. The van der Waals surface area contributed by atoms with Crippen molar-refractivity contribution in [2.75, 3.05) is 0 Å². The first-order valence-corrected chi connectivity index (χ1v) is 16.9. The van der Waals surface area contributed by atoms with Gasteiger partial charge in [0.25, 0.3) is 0 Å². The largest absolute Gasteiger partial charge is 0.506 e. The minimum atomic E-state index is -2.30. The van der Waals surface area contributed by atoms with E-state index < -0.39 is 19.6 Å². The summed E-state index contributed by atoms with van der Waals surface area (Å²) in [6, 6.07) is 7.57. The number of hydrogen-bond acceptors (Lipinski definition) is 3. The Morgan fingerprint density at radius 3 is 1.56 bits per heavy atom. The van der Waals surface area contributed by atoms with Crippen molar-refractivity contribution in [3.63, 3.8) is 0 Å². The molecule has 0 fully saturated rings. The second-order valence-corrected chi connectivity index (χ2v) is 19.6. The number of carboxylic acid groups (broad SMARTS) is 1. The van der Waals surface area contributed by atoms with Crippen LogP contribution in [0.25, 0.3) is 0 Å². The maximum absolute atomic E-state index is 12.7. The molecule has 1 atom stereocenters. The molecule has 2 N–H and O–H groups in total. The van der Waals surface area contributed by atoms with Crippen molar-refractivity contribution in [2.24, 2.45) is 0 Å². The average molecular weight is 904 g/mol. The molecule has 0 heterocycles. The zero-order valence-electron chi connectivity index (χ0n) is 18.8. The monoisotopic (exact) mass is 904 g/mol. The number of halogens is 4. The normalized spacial score (nSPS) is 13.2. The van der Waals surface area contributed by atoms with Crippen LogP contribution in [0.3, 0.4) is 0 Å². The number of carboxylic acids is 1. The minimum Gasteiger partial charge on any atom is -0.506 e. The number of rotatable bonds is 8. The number of phenols is 1. The van der Waals surface area contributed by atoms with Crippen LogP contribution in [0.2, 0.25) is 16.6 Å². The smallest absolute Gasteiger partial charge is 0.308 e. The number of ether oxygens (including phenoxy) is 1. The Labute approximate surface area is 246 Å². The van der Waals surface area contributed by atoms with E-state index in [0.717, 1.165) is 19.8 Å². The fraction of sp³-hybridized carbons (Fsp3) is 0.435. The molecule has 2 aromatic carbocycles. The Morgan fingerprint density at radius 2 is 1.22 bits per heavy atom. The molecule has 2 rings (SSSR count). The van der Waals surface area contributed by atoms with Crippen LogP contribution in [0.1, 0.15) is 52.6 Å². The summed E-state index contributed by atoms with van der Waals surface area (Å²) in [5.74, 6) is 0.878. The number of phenolic OH excluding ortho intramolecular Hbond substituents is 1. The predicted octanol–water partition coefficient (Wildman–Crippen LogP) is 8.99. The average Bonchev–Trinajstić information content (AvgIpc) is 2.65. The van der Waals surface area contributed by atoms with Gasteiger partial charge in [-0.05, 0) is 137 Å². The van der Waals surface area contributed by atoms with Crippen LogP contribution in [0.4, 0.5) is 0 Å². The van der Waals surface area contributed by atoms with Gasteiger partial charge in [-0.2, -0.15) is 0 Å². The zero-order chi connectivity index (χ0) is 24.5. The van der Waals surface area contributed by atoms with Crippen molar-refractivity contribution in [1.29, 1.82) is 0 Å². The summed E-state index contributed by atoms with van der Waals surface area (Å²) < 4.78 is 9.41. The molecule has 0 aliphatic carbocycles. The van der Waals surface area contributed by atoms with Crippen LogP contribution in [0.15, 0.2) is 24.3 Å². The number of hydrogen-bond donors (Lipinski definition) is 2. The lowest BCUT2D eigenvalue weighted by Gasteiger charge is -2.47. The molecule has 9 heteroatoms. The van der Waals surface area contributed by atoms with E-state index in [1.54, 1.807) is 12.1 Å². The molecule has 0 spiro atoms. The van der Waals surface area contributed by atoms with E-state index >= 15 is 0 Å². The molecular weight excluding hydrogens is 876 g/mol. The number of benzene rings is 2. The Hall–Kier alpha value is 0.647. The molecule has 0 aromatic heterocycles. The van der Waals surface area contributed by atoms with Gasteiger partial charge in [0, 0.05) is 0 Å². The fourth-order valence-corrected chi connectivity index (χ4v) is 16.1. The van der Waals surface area contributed by atoms with Gasteiger partial charge in [0.15, 0.2) is 5.75 Å². The molecule has 0 saturated heterocycles. The van der Waals surface area contributed by atoms with Crippen LogP contribution in [0, 0.1) is 14.3 Å². The maximum atomic E-state index is 12.7. The van der Waals surface area contributed by atoms with Crippen molar-refractivity contribution in [3.8, 4) is 17.2 Å². The third-order valence-electron chi connectivity index (χ3n) is 6.31. The van der Waals surface area contributed by atoms with E-state index in [0.29, 0.717) is 28.1 Å². The van der Waals surface area contributed by atoms with Gasteiger partial charge < -0.3 is 14.9 Å². The first-order valence-electron chi connectivity index (χ1n) is 10.3. The summed E-state index contributed by atoms with van der Waals surface area (Å²) in [6.45, 7) is 13.2. The van der Waals surface area contributed by atoms with Crippen LogP contribution in [0.5, 0.6) is 17.2 Å². The summed E-state index contributed by atoms with van der Waals surface area (Å²) >= 11 is 8.65. The summed E-state index contributed by atoms with van der Waals surface area (Å²) in [5, 5.41) is 20.5. The first kappa shape index (κ1) is 28.9. The van der Waals surface area contributed by atoms with Crippen molar-refractivity contribution >= 4 is 104 Å². The highest BCUT2D eigenvalue weighted by molar-refractivity contribution is 14.1. The highest BCUT2D eigenvalue weighted by Crippen LogP contribution is 2.51. The van der Waals surface area contributed by atoms with E-state index in [9.17, 15) is 15.0 Å². The molecule has 1 unspecified atom stereocenters. The van der Waals surface area contributed by atoms with Gasteiger partial charge in [0.1, 0.15) is 11.5 Å². The van der Waals surface area contributed by atoms with Crippen molar-refractivity contribution in [1.82, 2.24) is 0 Å². The quantitative estimate of drug-likeness (QED) is 0.205. The van der Waals surface area contributed by atoms with E-state index in [4.69, 9.17) is 4.74 Å². The van der Waals surface area contributed by atoms with E-state index in [-0.39, 0.29) is 5.75 Å². The van der Waals surface area contributed by atoms with Crippen molar-refractivity contribution in [2.45, 2.75) is 63.7 Å². The van der Waals surface area contributed by atoms with Crippen LogP contribution in [-0.2, 0) is 4.79 Å². The molecule has 32 heavy (non-hydrogen) atoms. The molecular formula is C23H28I4O4Si. The zero-order valence-corrected chi connectivity index (χ0v) is 28.5. The lowest BCUT2D eigenvalue weighted by molar-refractivity contribution is -0.137. The first-order chi connectivity index (χ1) is 14.7. The third-order valence-corrected chi connectivity index (χ3v) is 17.1. The molecule has 4 nitrogen and oxygen atoms in total. The van der Waals surface area contributed by atoms with E-state index in [1.807, 2.05) is 12.1 Å². The Kier molecular flexibility index (Phi) is 10.5. The van der Waals surface area contributed by atoms with Gasteiger partial charge in [-0.25, -0.2) is 0 Å². The van der Waals surface area contributed by atoms with Crippen molar-refractivity contribution in [3.05, 3.63) is 44.1 Å². The second-order valence-electron chi connectivity index (χ2n) is 8.89. The third kappa shape index (κ3) is 5.72. The standard InChI is InChI=1S/C23H28I4O4Si/c1-11(2)32(12(3)4,13(5)6)22(23(29)30)14-7-18(26)21(19(27)8-14)31-15-9-16(24)20(28)17(25)10-15/h7-13,22,28H,1-6H3,(H,29,30). The van der Waals surface area contributed by atoms with E-state index in [1.165, 1.54) is 0 Å². The highest BCUT2D eigenvalue weighted by atomic mass is 127. The van der Waals surface area contributed by atoms with Crippen molar-refractivity contribution < 1.29 is 19.7 Å². The summed E-state index contributed by atoms with van der Waals surface area (Å²) in [5.41, 5.74) is 1.37. The lowest BCUT2D eigenvalue weighted by atomic mass is 10.1. The molecule has 2 aromatic rings. The van der Waals surface area contributed by atoms with E-state index in [2.05, 4.69) is 132 Å². The number of aliphatic carboxylic acids is 1. The van der Waals surface area contributed by atoms with Crippen LogP contribution < -0.4 is 4.74 Å². The van der Waals surface area contributed by atoms with Gasteiger partial charge >= 0.3 is 5.97 Å². The summed E-state index contributed by atoms with van der Waals surface area (Å²) in [4.78, 5) is 12.7. The van der Waals surface area contributed by atoms with Gasteiger partial charge in [-0.3, -0.25) is 4.79 Å². The minimum absolute atomic E-state index is 0.250. The van der Waals surface area contributed by atoms with Gasteiger partial charge in [0.2, 0.25) is 0 Å². The molecule has 0 saturated carbocycles. The SMILES string of the molecule is CC(C)[Si](C(C)C)(C(C)C)C(C(=O)O)c1cc(I)c(Oc2cc(I)c(O)c(I)c2)c(I)c1. The van der Waals surface area contributed by atoms with Crippen LogP contribution >= 0.6 is 90.4 Å². The number of carbonyl (C=O) groups is 1. The summed E-state index contributed by atoms with van der Waals surface area (Å²) in [6.07, 6.45) is 0. The van der Waals surface area contributed by atoms with Crippen LogP contribution in [-0.4, -0.2) is 24.3 Å². The predicted molar refractivity (Wildman–Crippen MR) is 167 cm³/mol. The Morgan fingerprint density at radius 1 is 0.812 bits per heavy atom. The molecule has 176 valence electrons. The molecule has 0 amide bonds. The highest BCUT2D eigenvalue weighted by Gasteiger charge is 2.53. The second kappa shape index (κ2) is 11.6. The molecule has 0 bridgehead atoms. The molecule has 0 radical (unpaired) electrons. The van der Waals surface area contributed by atoms with Gasteiger partial charge in [-0.1, -0.05) is 41.5 Å². The Balaban J connectivity index is 2.62. The number of aromatic hydroxyl groups is 1. The lowest BCUT2D eigenvalue weighted by Crippen LogP contribution is -2.53. The molecule has 0 aliphatic heterocycles. The maximum Gasteiger partial charge on any atom is 0.308 e. The topological polar surface area (TPSA) is 66.8 Å². The summed E-state index contributed by atoms with van der Waals surface area (Å²) in [7, 11) is -2.30.